The van der Waals surface area contributed by atoms with Crippen molar-refractivity contribution in [2.24, 2.45) is 7.05 Å². The van der Waals surface area contributed by atoms with Crippen LogP contribution in [0, 0.1) is 10.1 Å². The lowest BCUT2D eigenvalue weighted by atomic mass is 10.2. The lowest BCUT2D eigenvalue weighted by Gasteiger charge is -2.08. The number of cyclic esters (lactones) is 1. The molecule has 1 aliphatic heterocycles. The molecule has 1 aliphatic rings. The molecule has 0 radical (unpaired) electrons. The highest BCUT2D eigenvalue weighted by atomic mass is 16.6. The van der Waals surface area contributed by atoms with Crippen LogP contribution in [0.4, 0.5) is 10.5 Å². The summed E-state index contributed by atoms with van der Waals surface area (Å²) < 4.78 is 7.79. The van der Waals surface area contributed by atoms with Gasteiger partial charge in [-0.3, -0.25) is 19.2 Å². The van der Waals surface area contributed by atoms with Gasteiger partial charge in [-0.1, -0.05) is 0 Å². The summed E-state index contributed by atoms with van der Waals surface area (Å²) in [4.78, 5) is 33.6. The Hall–Kier alpha value is -2.84. The summed E-state index contributed by atoms with van der Waals surface area (Å²) in [6.07, 6.45) is -1.00. The van der Waals surface area contributed by atoms with Crippen molar-refractivity contribution in [2.45, 2.75) is 12.6 Å². The van der Waals surface area contributed by atoms with Gasteiger partial charge in [0, 0.05) is 19.2 Å². The molecule has 0 spiro atoms. The van der Waals surface area contributed by atoms with Crippen LogP contribution >= 0.6 is 0 Å². The van der Waals surface area contributed by atoms with Gasteiger partial charge in [0.25, 0.3) is 5.69 Å². The predicted octanol–water partition coefficient (Wildman–Crippen LogP) is 0.357. The Morgan fingerprint density at radius 3 is 2.81 bits per heavy atom. The van der Waals surface area contributed by atoms with Crippen LogP contribution in [0.25, 0.3) is 11.0 Å². The van der Waals surface area contributed by atoms with E-state index in [0.29, 0.717) is 17.6 Å². The van der Waals surface area contributed by atoms with Crippen LogP contribution in [0.2, 0.25) is 0 Å². The fourth-order valence-corrected chi connectivity index (χ4v) is 2.43. The van der Waals surface area contributed by atoms with Gasteiger partial charge in [-0.2, -0.15) is 0 Å². The number of nitrogens with one attached hydrogen (secondary N) is 1. The van der Waals surface area contributed by atoms with E-state index in [1.54, 1.807) is 7.05 Å². The highest BCUT2D eigenvalue weighted by Crippen LogP contribution is 2.20. The molecule has 21 heavy (non-hydrogen) atoms. The standard InChI is InChI=1S/C12H12N4O5/c1-14-9-3-2-7(16(19)20)4-10(9)15(12(14)18)6-8-5-13-11(17)21-8/h2-4,8H,5-6H2,1H3,(H,13,17)/t8-/m0/s1. The molecule has 9 nitrogen and oxygen atoms in total. The lowest BCUT2D eigenvalue weighted by Crippen LogP contribution is -2.29. The van der Waals surface area contributed by atoms with E-state index in [-0.39, 0.29) is 17.9 Å². The maximum absolute atomic E-state index is 12.2. The van der Waals surface area contributed by atoms with E-state index in [9.17, 15) is 19.7 Å². The Balaban J connectivity index is 2.09. The van der Waals surface area contributed by atoms with Gasteiger partial charge < -0.3 is 10.1 Å². The van der Waals surface area contributed by atoms with Crippen LogP contribution in [-0.4, -0.2) is 32.8 Å². The highest BCUT2D eigenvalue weighted by molar-refractivity contribution is 5.78. The number of alkyl carbamates (subject to hydrolysis) is 1. The zero-order valence-corrected chi connectivity index (χ0v) is 11.1. The maximum atomic E-state index is 12.2. The second kappa shape index (κ2) is 4.62. The smallest absolute Gasteiger partial charge is 0.407 e. The minimum atomic E-state index is -0.528. The molecular formula is C12H12N4O5. The third kappa shape index (κ3) is 2.12. The van der Waals surface area contributed by atoms with Gasteiger partial charge in [0.05, 0.1) is 29.0 Å². The number of nitrogens with zero attached hydrogens (tertiary/aromatic N) is 3. The summed E-state index contributed by atoms with van der Waals surface area (Å²) in [5, 5.41) is 13.4. The van der Waals surface area contributed by atoms with Crippen LogP contribution in [0.5, 0.6) is 0 Å². The Labute approximate surface area is 117 Å². The summed E-state index contributed by atoms with van der Waals surface area (Å²) in [5.41, 5.74) is 0.624. The number of nitro benzene ring substituents is 1. The number of nitro groups is 1. The van der Waals surface area contributed by atoms with Crippen molar-refractivity contribution in [3.05, 3.63) is 38.8 Å². The number of amides is 1. The maximum Gasteiger partial charge on any atom is 0.407 e. The Morgan fingerprint density at radius 2 is 2.19 bits per heavy atom. The third-order valence-corrected chi connectivity index (χ3v) is 3.47. The number of aryl methyl sites for hydroxylation is 1. The monoisotopic (exact) mass is 292 g/mol. The zero-order chi connectivity index (χ0) is 15.1. The van der Waals surface area contributed by atoms with Crippen LogP contribution < -0.4 is 11.0 Å². The van der Waals surface area contributed by atoms with Gasteiger partial charge >= 0.3 is 11.8 Å². The first-order chi connectivity index (χ1) is 9.97. The molecule has 2 aromatic rings. The summed E-state index contributed by atoms with van der Waals surface area (Å²) in [6.45, 7) is 0.451. The van der Waals surface area contributed by atoms with Crippen LogP contribution in [-0.2, 0) is 18.3 Å². The number of aromatic nitrogens is 2. The highest BCUT2D eigenvalue weighted by Gasteiger charge is 2.25. The second-order valence-corrected chi connectivity index (χ2v) is 4.79. The molecule has 0 saturated carbocycles. The molecule has 1 fully saturated rings. The first-order valence-electron chi connectivity index (χ1n) is 6.25. The largest absolute Gasteiger partial charge is 0.442 e. The molecule has 0 aliphatic carbocycles. The van der Waals surface area contributed by atoms with Crippen LogP contribution in [0.1, 0.15) is 0 Å². The molecule has 0 bridgehead atoms. The van der Waals surface area contributed by atoms with E-state index >= 15 is 0 Å². The van der Waals surface area contributed by atoms with Crippen molar-refractivity contribution in [1.29, 1.82) is 0 Å². The lowest BCUT2D eigenvalue weighted by molar-refractivity contribution is -0.384. The number of hydrogen-bond donors (Lipinski definition) is 1. The van der Waals surface area contributed by atoms with Crippen LogP contribution in [0.3, 0.4) is 0 Å². The summed E-state index contributed by atoms with van der Waals surface area (Å²) in [7, 11) is 1.59. The Morgan fingerprint density at radius 1 is 1.43 bits per heavy atom. The minimum absolute atomic E-state index is 0.0941. The molecule has 1 aromatic carbocycles. The average molecular weight is 292 g/mol. The van der Waals surface area contributed by atoms with E-state index in [4.69, 9.17) is 4.74 Å². The normalized spacial score (nSPS) is 17.8. The molecule has 3 rings (SSSR count). The number of carbonyl (C=O) groups excluding carboxylic acids is 1. The van der Waals surface area contributed by atoms with E-state index in [1.165, 1.54) is 27.3 Å². The number of hydrogen-bond acceptors (Lipinski definition) is 5. The van der Waals surface area contributed by atoms with Gasteiger partial charge in [-0.25, -0.2) is 9.59 Å². The number of benzene rings is 1. The third-order valence-electron chi connectivity index (χ3n) is 3.47. The number of fused-ring (bicyclic) bond motifs is 1. The van der Waals surface area contributed by atoms with Crippen molar-refractivity contribution in [1.82, 2.24) is 14.5 Å². The number of ether oxygens (including phenoxy) is 1. The number of non-ortho nitro benzene ring substituents is 1. The predicted molar refractivity (Wildman–Crippen MR) is 72.1 cm³/mol. The first kappa shape index (κ1) is 13.2. The van der Waals surface area contributed by atoms with Gasteiger partial charge in [0.1, 0.15) is 6.10 Å². The molecule has 110 valence electrons. The average Bonchev–Trinajstić information content (AvgIpc) is 2.96. The molecule has 1 N–H and O–H groups in total. The van der Waals surface area contributed by atoms with Crippen molar-refractivity contribution in [3.8, 4) is 0 Å². The fourth-order valence-electron chi connectivity index (χ4n) is 2.43. The molecular weight excluding hydrogens is 280 g/mol. The summed E-state index contributed by atoms with van der Waals surface area (Å²) >= 11 is 0. The topological polar surface area (TPSA) is 108 Å². The Kier molecular flexibility index (Phi) is 2.89. The van der Waals surface area contributed by atoms with Crippen molar-refractivity contribution in [3.63, 3.8) is 0 Å². The molecule has 0 unspecified atom stereocenters. The molecule has 1 aromatic heterocycles. The summed E-state index contributed by atoms with van der Waals surface area (Å²) in [6, 6.07) is 4.23. The number of imidazole rings is 1. The van der Waals surface area contributed by atoms with E-state index in [1.807, 2.05) is 0 Å². The molecule has 2 heterocycles. The van der Waals surface area contributed by atoms with Gasteiger partial charge in [0.2, 0.25) is 0 Å². The van der Waals surface area contributed by atoms with Gasteiger partial charge in [-0.15, -0.1) is 0 Å². The van der Waals surface area contributed by atoms with Gasteiger partial charge in [-0.05, 0) is 6.07 Å². The SMILES string of the molecule is Cn1c(=O)n(C[C@@H]2CNC(=O)O2)c2cc([N+](=O)[O-])ccc21. The quantitative estimate of drug-likeness (QED) is 0.649. The molecule has 1 amide bonds. The van der Waals surface area contributed by atoms with Crippen LogP contribution in [0.15, 0.2) is 23.0 Å². The van der Waals surface area contributed by atoms with Crippen molar-refractivity contribution >= 4 is 22.8 Å². The first-order valence-corrected chi connectivity index (χ1v) is 6.25. The zero-order valence-electron chi connectivity index (χ0n) is 11.1. The summed E-state index contributed by atoms with van der Waals surface area (Å²) in [5.74, 6) is 0. The minimum Gasteiger partial charge on any atom is -0.442 e. The van der Waals surface area contributed by atoms with E-state index < -0.39 is 17.1 Å². The van der Waals surface area contributed by atoms with Gasteiger partial charge in [0.15, 0.2) is 0 Å². The van der Waals surface area contributed by atoms with E-state index in [2.05, 4.69) is 5.32 Å². The van der Waals surface area contributed by atoms with Crippen molar-refractivity contribution < 1.29 is 14.5 Å². The fraction of sp³-hybridized carbons (Fsp3) is 0.333. The molecule has 1 saturated heterocycles. The second-order valence-electron chi connectivity index (χ2n) is 4.79. The number of carbonyl (C=O) groups is 1. The molecule has 9 heteroatoms. The van der Waals surface area contributed by atoms with E-state index in [0.717, 1.165) is 0 Å². The molecule has 1 atom stereocenters. The van der Waals surface area contributed by atoms with Crippen molar-refractivity contribution in [2.75, 3.05) is 6.54 Å². The number of rotatable bonds is 3. The Bertz CT molecular complexity index is 806.